The summed E-state index contributed by atoms with van der Waals surface area (Å²) in [6, 6.07) is 0. The van der Waals surface area contributed by atoms with E-state index in [4.69, 9.17) is 19.1 Å². The van der Waals surface area contributed by atoms with Gasteiger partial charge in [0.05, 0.1) is 19.8 Å². The second-order valence-electron chi connectivity index (χ2n) is 14.0. The highest BCUT2D eigenvalue weighted by molar-refractivity contribution is 7.47. The number of phosphoric ester groups is 1. The molecule has 0 heterocycles. The van der Waals surface area contributed by atoms with Crippen LogP contribution in [0.4, 0.5) is 0 Å². The number of carbonyl (C=O) groups is 2. The number of allylic oxidation sites excluding steroid dienone is 22. The van der Waals surface area contributed by atoms with Crippen molar-refractivity contribution in [2.24, 2.45) is 0 Å². The summed E-state index contributed by atoms with van der Waals surface area (Å²) in [6.45, 7) is 2.03. The Morgan fingerprint density at radius 2 is 0.885 bits per heavy atom. The van der Waals surface area contributed by atoms with E-state index in [9.17, 15) is 24.2 Å². The smallest absolute Gasteiger partial charge is 0.462 e. The predicted molar refractivity (Wildman–Crippen MR) is 251 cm³/mol. The van der Waals surface area contributed by atoms with Crippen LogP contribution in [0.5, 0.6) is 0 Å². The zero-order valence-electron chi connectivity index (χ0n) is 37.1. The fourth-order valence-electron chi connectivity index (χ4n) is 4.94. The van der Waals surface area contributed by atoms with Crippen molar-refractivity contribution in [3.63, 3.8) is 0 Å². The fraction of sp³-hybridized carbons (Fsp3) is 0.520. The summed E-state index contributed by atoms with van der Waals surface area (Å²) in [5.41, 5.74) is 0. The van der Waals surface area contributed by atoms with E-state index >= 15 is 0 Å². The Hall–Kier alpha value is -3.89. The summed E-state index contributed by atoms with van der Waals surface area (Å²) in [4.78, 5) is 35.0. The summed E-state index contributed by atoms with van der Waals surface area (Å²) < 4.78 is 32.5. The number of hydrogen-bond acceptors (Lipinski definition) is 9. The first kappa shape index (κ1) is 57.1. The molecule has 3 N–H and O–H groups in total. The molecule has 0 aromatic rings. The van der Waals surface area contributed by atoms with Crippen molar-refractivity contribution in [1.29, 1.82) is 0 Å². The van der Waals surface area contributed by atoms with Crippen molar-refractivity contribution in [2.45, 2.75) is 142 Å². The fourth-order valence-corrected chi connectivity index (χ4v) is 5.73. The standard InChI is InChI=1S/C50H77O10P/c1-3-5-7-9-11-13-15-17-19-21-23-25-27-29-31-33-35-37-39-41-49(53)57-45-48(46-59-61(55,56)58-44-47(52)43-51)60-50(54)42-40-38-36-34-32-30-28-26-24-22-20-18-16-14-12-10-8-6-4-2/h5,7,11-14,17-20,23-26,29-32,35-38,47-48,51-52H,3-4,6,8-10,15-16,21-22,27-28,33-34,39-46H2,1-2H3,(H,55,56)/b7-5-,13-11-,14-12-,19-17-,20-18-,25-23-,26-24-,31-29-,32-30-,37-35-,38-36-. The molecule has 0 rings (SSSR count). The van der Waals surface area contributed by atoms with Gasteiger partial charge >= 0.3 is 19.8 Å². The maximum absolute atomic E-state index is 12.6. The molecular formula is C50H77O10P. The van der Waals surface area contributed by atoms with Gasteiger partial charge in [-0.1, -0.05) is 160 Å². The zero-order chi connectivity index (χ0) is 44.8. The highest BCUT2D eigenvalue weighted by atomic mass is 31.2. The number of esters is 2. The molecule has 0 radical (unpaired) electrons. The van der Waals surface area contributed by atoms with Gasteiger partial charge in [-0.3, -0.25) is 18.6 Å². The largest absolute Gasteiger partial charge is 0.472 e. The molecule has 0 aliphatic rings. The Bertz CT molecular complexity index is 1460. The number of aliphatic hydroxyl groups excluding tert-OH is 2. The predicted octanol–water partition coefficient (Wildman–Crippen LogP) is 12.1. The van der Waals surface area contributed by atoms with Gasteiger partial charge in [0.25, 0.3) is 0 Å². The molecule has 0 saturated heterocycles. The molecule has 0 bridgehead atoms. The summed E-state index contributed by atoms with van der Waals surface area (Å²) in [7, 11) is -4.67. The molecule has 0 aromatic heterocycles. The number of ether oxygens (including phenoxy) is 2. The van der Waals surface area contributed by atoms with Crippen LogP contribution in [0.2, 0.25) is 0 Å². The summed E-state index contributed by atoms with van der Waals surface area (Å²) in [5, 5.41) is 18.3. The molecule has 0 amide bonds. The van der Waals surface area contributed by atoms with Crippen molar-refractivity contribution < 1.29 is 47.8 Å². The molecular weight excluding hydrogens is 792 g/mol. The van der Waals surface area contributed by atoms with Gasteiger partial charge in [0, 0.05) is 12.8 Å². The lowest BCUT2D eigenvalue weighted by molar-refractivity contribution is -0.161. The lowest BCUT2D eigenvalue weighted by atomic mass is 10.2. The lowest BCUT2D eigenvalue weighted by Crippen LogP contribution is -2.29. The van der Waals surface area contributed by atoms with E-state index in [1.807, 2.05) is 24.3 Å². The topological polar surface area (TPSA) is 149 Å². The van der Waals surface area contributed by atoms with Crippen molar-refractivity contribution in [1.82, 2.24) is 0 Å². The SMILES string of the molecule is CC/C=C\C/C=C\C/C=C\C/C=C\C/C=C\C/C=C\CCC(=O)OCC(COP(=O)(O)OCC(O)CO)OC(=O)CC/C=C\C/C=C\C/C=C\C/C=C\C/C=C\CCCCC. The molecule has 11 heteroatoms. The van der Waals surface area contributed by atoms with Gasteiger partial charge in [-0.25, -0.2) is 4.57 Å². The normalized spacial score (nSPS) is 15.0. The van der Waals surface area contributed by atoms with E-state index in [1.54, 1.807) is 0 Å². The number of aliphatic hydroxyl groups is 2. The van der Waals surface area contributed by atoms with Crippen molar-refractivity contribution in [3.8, 4) is 0 Å². The van der Waals surface area contributed by atoms with Crippen LogP contribution in [-0.2, 0) is 32.7 Å². The highest BCUT2D eigenvalue weighted by Crippen LogP contribution is 2.43. The quantitative estimate of drug-likeness (QED) is 0.0236. The summed E-state index contributed by atoms with van der Waals surface area (Å²) in [6.07, 6.45) is 58.7. The van der Waals surface area contributed by atoms with Gasteiger partial charge in [-0.15, -0.1) is 0 Å². The molecule has 0 saturated carbocycles. The van der Waals surface area contributed by atoms with Crippen LogP contribution in [0.15, 0.2) is 134 Å². The number of phosphoric acid groups is 1. The van der Waals surface area contributed by atoms with E-state index < -0.39 is 58.4 Å². The van der Waals surface area contributed by atoms with E-state index in [-0.39, 0.29) is 12.8 Å². The van der Waals surface area contributed by atoms with Gasteiger partial charge in [-0.2, -0.15) is 0 Å². The minimum atomic E-state index is -4.67. The van der Waals surface area contributed by atoms with Crippen LogP contribution < -0.4 is 0 Å². The Kier molecular flexibility index (Phi) is 41.4. The van der Waals surface area contributed by atoms with E-state index in [0.29, 0.717) is 12.8 Å². The third-order valence-corrected chi connectivity index (χ3v) is 9.27. The first-order chi connectivity index (χ1) is 29.7. The lowest BCUT2D eigenvalue weighted by Gasteiger charge is -2.20. The Morgan fingerprint density at radius 3 is 1.30 bits per heavy atom. The summed E-state index contributed by atoms with van der Waals surface area (Å²) >= 11 is 0. The van der Waals surface area contributed by atoms with Crippen molar-refractivity contribution in [3.05, 3.63) is 134 Å². The van der Waals surface area contributed by atoms with E-state index in [1.165, 1.54) is 19.3 Å². The molecule has 342 valence electrons. The van der Waals surface area contributed by atoms with Crippen molar-refractivity contribution in [2.75, 3.05) is 26.4 Å². The van der Waals surface area contributed by atoms with Crippen molar-refractivity contribution >= 4 is 19.8 Å². The zero-order valence-corrected chi connectivity index (χ0v) is 38.0. The van der Waals surface area contributed by atoms with Crippen LogP contribution >= 0.6 is 7.82 Å². The van der Waals surface area contributed by atoms with Crippen LogP contribution in [0, 0.1) is 0 Å². The monoisotopic (exact) mass is 869 g/mol. The summed E-state index contributed by atoms with van der Waals surface area (Å²) in [5.74, 6) is -1.13. The number of unbranched alkanes of at least 4 members (excludes halogenated alkanes) is 3. The Morgan fingerprint density at radius 1 is 0.508 bits per heavy atom. The van der Waals surface area contributed by atoms with Gasteiger partial charge < -0.3 is 24.6 Å². The van der Waals surface area contributed by atoms with Crippen LogP contribution in [0.25, 0.3) is 0 Å². The second kappa shape index (κ2) is 44.2. The van der Waals surface area contributed by atoms with Gasteiger partial charge in [0.15, 0.2) is 6.10 Å². The minimum Gasteiger partial charge on any atom is -0.462 e. The molecule has 0 aliphatic carbocycles. The van der Waals surface area contributed by atoms with Crippen LogP contribution in [0.3, 0.4) is 0 Å². The maximum atomic E-state index is 12.6. The minimum absolute atomic E-state index is 0.0359. The Labute approximate surface area is 368 Å². The third-order valence-electron chi connectivity index (χ3n) is 8.32. The van der Waals surface area contributed by atoms with Gasteiger partial charge in [0.2, 0.25) is 0 Å². The van der Waals surface area contributed by atoms with Gasteiger partial charge in [-0.05, 0) is 89.9 Å². The van der Waals surface area contributed by atoms with Gasteiger partial charge in [0.1, 0.15) is 12.7 Å². The second-order valence-corrected chi connectivity index (χ2v) is 15.4. The maximum Gasteiger partial charge on any atom is 0.472 e. The highest BCUT2D eigenvalue weighted by Gasteiger charge is 2.27. The Balaban J connectivity index is 4.56. The molecule has 0 aromatic carbocycles. The molecule has 0 spiro atoms. The number of carbonyl (C=O) groups excluding carboxylic acids is 2. The number of rotatable bonds is 39. The van der Waals surface area contributed by atoms with E-state index in [0.717, 1.165) is 70.6 Å². The molecule has 61 heavy (non-hydrogen) atoms. The van der Waals surface area contributed by atoms with Crippen LogP contribution in [-0.4, -0.2) is 65.7 Å². The first-order valence-electron chi connectivity index (χ1n) is 22.1. The first-order valence-corrected chi connectivity index (χ1v) is 23.6. The third kappa shape index (κ3) is 44.0. The average molecular weight is 869 g/mol. The molecule has 0 fully saturated rings. The molecule has 3 atom stereocenters. The molecule has 0 aliphatic heterocycles. The average Bonchev–Trinajstić information content (AvgIpc) is 3.25. The molecule has 10 nitrogen and oxygen atoms in total. The number of hydrogen-bond donors (Lipinski definition) is 3. The van der Waals surface area contributed by atoms with Crippen LogP contribution in [0.1, 0.15) is 129 Å². The van der Waals surface area contributed by atoms with E-state index in [2.05, 4.69) is 128 Å². The molecule has 3 unspecified atom stereocenters.